The van der Waals surface area contributed by atoms with E-state index in [-0.39, 0.29) is 41.9 Å². The second kappa shape index (κ2) is 10.7. The van der Waals surface area contributed by atoms with Crippen molar-refractivity contribution in [2.24, 2.45) is 5.92 Å². The van der Waals surface area contributed by atoms with Crippen LogP contribution in [0.3, 0.4) is 0 Å². The van der Waals surface area contributed by atoms with E-state index in [0.29, 0.717) is 38.3 Å². The predicted molar refractivity (Wildman–Crippen MR) is 137 cm³/mol. The number of rotatable bonds is 4. The molecule has 0 bridgehead atoms. The molecule has 0 unspecified atom stereocenters. The van der Waals surface area contributed by atoms with Crippen molar-refractivity contribution in [1.82, 2.24) is 9.80 Å². The van der Waals surface area contributed by atoms with E-state index in [1.807, 2.05) is 4.90 Å². The minimum Gasteiger partial charge on any atom is -0.378 e. The molecule has 3 fully saturated rings. The van der Waals surface area contributed by atoms with Gasteiger partial charge in [-0.3, -0.25) is 9.69 Å². The third-order valence-corrected chi connectivity index (χ3v) is 8.36. The summed E-state index contributed by atoms with van der Waals surface area (Å²) in [6.07, 6.45) is 1.91. The fourth-order valence-electron chi connectivity index (χ4n) is 6.67. The molecule has 0 N–H and O–H groups in total. The number of carbonyl (C=O) groups excluding carboxylic acids is 1. The fraction of sp³-hybridized carbons (Fsp3) is 0.552. The third-order valence-electron chi connectivity index (χ3n) is 8.36. The molecule has 5 nitrogen and oxygen atoms in total. The van der Waals surface area contributed by atoms with Crippen LogP contribution in [0.15, 0.2) is 42.5 Å². The zero-order valence-corrected chi connectivity index (χ0v) is 21.7. The summed E-state index contributed by atoms with van der Waals surface area (Å²) in [4.78, 5) is 20.5. The highest BCUT2D eigenvalue weighted by atomic mass is 19.1. The Kier molecular flexibility index (Phi) is 7.50. The lowest BCUT2D eigenvalue weighted by Crippen LogP contribution is -2.59. The monoisotopic (exact) mass is 515 g/mol. The number of hydrogen-bond acceptors (Lipinski definition) is 4. The maximum atomic E-state index is 15.0. The zero-order valence-electron chi connectivity index (χ0n) is 21.7. The van der Waals surface area contributed by atoms with Gasteiger partial charge in [0.1, 0.15) is 17.5 Å². The number of anilines is 1. The topological polar surface area (TPSA) is 36.0 Å². The molecule has 3 saturated heterocycles. The Bertz CT molecular complexity index is 1100. The molecule has 3 heterocycles. The van der Waals surface area contributed by atoms with Crippen molar-refractivity contribution in [3.8, 4) is 0 Å². The third kappa shape index (κ3) is 5.36. The average molecular weight is 516 g/mol. The van der Waals surface area contributed by atoms with E-state index in [1.165, 1.54) is 24.3 Å². The number of piperazine rings is 1. The molecular weight excluding hydrogens is 479 g/mol. The van der Waals surface area contributed by atoms with Gasteiger partial charge in [-0.25, -0.2) is 13.2 Å². The van der Waals surface area contributed by atoms with Crippen molar-refractivity contribution < 1.29 is 22.7 Å². The molecule has 1 amide bonds. The number of likely N-dealkylation sites (tertiary alicyclic amines) is 1. The van der Waals surface area contributed by atoms with Crippen molar-refractivity contribution in [3.63, 3.8) is 0 Å². The molecule has 0 saturated carbocycles. The van der Waals surface area contributed by atoms with E-state index in [9.17, 15) is 18.0 Å². The summed E-state index contributed by atoms with van der Waals surface area (Å²) in [5, 5.41) is 0. The maximum absolute atomic E-state index is 15.0. The summed E-state index contributed by atoms with van der Waals surface area (Å²) in [5.41, 5.74) is 1.34. The quantitative estimate of drug-likeness (QED) is 0.586. The van der Waals surface area contributed by atoms with Crippen LogP contribution in [0, 0.1) is 23.4 Å². The molecule has 0 spiro atoms. The van der Waals surface area contributed by atoms with E-state index in [1.54, 1.807) is 12.1 Å². The van der Waals surface area contributed by atoms with Crippen molar-refractivity contribution >= 4 is 11.6 Å². The van der Waals surface area contributed by atoms with E-state index >= 15 is 0 Å². The molecule has 6 atom stereocenters. The molecular formula is C29H36F3N3O2. The summed E-state index contributed by atoms with van der Waals surface area (Å²) in [6, 6.07) is 10.5. The summed E-state index contributed by atoms with van der Waals surface area (Å²) < 4.78 is 47.9. The lowest BCUT2D eigenvalue weighted by atomic mass is 9.87. The highest BCUT2D eigenvalue weighted by molar-refractivity contribution is 5.81. The van der Waals surface area contributed by atoms with Gasteiger partial charge < -0.3 is 14.5 Å². The predicted octanol–water partition coefficient (Wildman–Crippen LogP) is 4.81. The zero-order chi connectivity index (χ0) is 26.3. The minimum atomic E-state index is -0.614. The molecule has 2 aromatic carbocycles. The normalized spacial score (nSPS) is 31.1. The number of halogens is 3. The van der Waals surface area contributed by atoms with Gasteiger partial charge in [0.05, 0.1) is 12.0 Å². The first-order valence-corrected chi connectivity index (χ1v) is 13.3. The van der Waals surface area contributed by atoms with Crippen LogP contribution in [-0.2, 0) is 9.53 Å². The highest BCUT2D eigenvalue weighted by Crippen LogP contribution is 2.39. The van der Waals surface area contributed by atoms with Crippen LogP contribution in [-0.4, -0.2) is 72.7 Å². The average Bonchev–Trinajstić information content (AvgIpc) is 3.29. The van der Waals surface area contributed by atoms with Crippen LogP contribution in [0.1, 0.15) is 45.1 Å². The van der Waals surface area contributed by atoms with Gasteiger partial charge in [0.25, 0.3) is 0 Å². The molecule has 37 heavy (non-hydrogen) atoms. The fourth-order valence-corrected chi connectivity index (χ4v) is 6.67. The maximum Gasteiger partial charge on any atom is 0.227 e. The van der Waals surface area contributed by atoms with Crippen LogP contribution in [0.2, 0.25) is 0 Å². The summed E-state index contributed by atoms with van der Waals surface area (Å²) >= 11 is 0. The number of benzene rings is 2. The van der Waals surface area contributed by atoms with Gasteiger partial charge >= 0.3 is 0 Å². The van der Waals surface area contributed by atoms with Gasteiger partial charge in [0.2, 0.25) is 5.91 Å². The molecule has 0 aliphatic carbocycles. The van der Waals surface area contributed by atoms with E-state index < -0.39 is 17.6 Å². The molecule has 3 aliphatic heterocycles. The Hall–Kier alpha value is -2.58. The number of nitrogens with zero attached hydrogens (tertiary/aromatic N) is 3. The standard InChI is InChI=1S/C29H36F3N3O2/c1-18-14-34(15-19(2)35(18)23-7-4-21(30)5-8-23)29(36)27-17-33(24-10-11-37-20(3)12-24)16-26(27)25-9-6-22(31)13-28(25)32/h4-9,13,18-20,24,26-27H,10-12,14-17H2,1-3H3/t18-,19+,20-,24-,26+,27-/m1/s1. The molecule has 3 aliphatic rings. The Morgan fingerprint density at radius 3 is 2.22 bits per heavy atom. The van der Waals surface area contributed by atoms with E-state index in [2.05, 4.69) is 30.6 Å². The van der Waals surface area contributed by atoms with Crippen molar-refractivity contribution in [2.75, 3.05) is 37.7 Å². The first-order chi connectivity index (χ1) is 17.7. The SMILES string of the molecule is C[C@@H]1C[C@H](N2C[C@@H](C(=O)N3C[C@@H](C)N(c4ccc(F)cc4)[C@@H](C)C3)[C@H](c3ccc(F)cc3F)C2)CCO1. The second-order valence-corrected chi connectivity index (χ2v) is 11.0. The van der Waals surface area contributed by atoms with Crippen molar-refractivity contribution in [3.05, 3.63) is 65.5 Å². The Labute approximate surface area is 217 Å². The van der Waals surface area contributed by atoms with Crippen LogP contribution >= 0.6 is 0 Å². The van der Waals surface area contributed by atoms with Crippen LogP contribution in [0.25, 0.3) is 0 Å². The Morgan fingerprint density at radius 2 is 1.57 bits per heavy atom. The first-order valence-electron chi connectivity index (χ1n) is 13.3. The molecule has 0 aromatic heterocycles. The lowest BCUT2D eigenvalue weighted by molar-refractivity contribution is -0.137. The minimum absolute atomic E-state index is 0.0220. The molecule has 5 rings (SSSR count). The van der Waals surface area contributed by atoms with Gasteiger partial charge in [-0.15, -0.1) is 0 Å². The Balaban J connectivity index is 1.37. The summed E-state index contributed by atoms with van der Waals surface area (Å²) in [6.45, 7) is 9.06. The first kappa shape index (κ1) is 26.0. The largest absolute Gasteiger partial charge is 0.378 e. The molecule has 200 valence electrons. The lowest BCUT2D eigenvalue weighted by Gasteiger charge is -2.46. The van der Waals surface area contributed by atoms with E-state index in [4.69, 9.17) is 4.74 Å². The summed E-state index contributed by atoms with van der Waals surface area (Å²) in [5.74, 6) is -2.21. The van der Waals surface area contributed by atoms with Crippen LogP contribution in [0.4, 0.5) is 18.9 Å². The van der Waals surface area contributed by atoms with Gasteiger partial charge in [0, 0.05) is 68.6 Å². The van der Waals surface area contributed by atoms with Gasteiger partial charge in [-0.05, 0) is 69.5 Å². The van der Waals surface area contributed by atoms with E-state index in [0.717, 1.165) is 24.6 Å². The highest BCUT2D eigenvalue weighted by Gasteiger charge is 2.45. The number of carbonyl (C=O) groups is 1. The second-order valence-electron chi connectivity index (χ2n) is 11.0. The van der Waals surface area contributed by atoms with Gasteiger partial charge in [0.15, 0.2) is 0 Å². The molecule has 2 aromatic rings. The molecule has 8 heteroatoms. The van der Waals surface area contributed by atoms with Crippen molar-refractivity contribution in [2.45, 2.75) is 63.8 Å². The summed E-state index contributed by atoms with van der Waals surface area (Å²) in [7, 11) is 0. The number of hydrogen-bond donors (Lipinski definition) is 0. The Morgan fingerprint density at radius 1 is 0.892 bits per heavy atom. The smallest absolute Gasteiger partial charge is 0.227 e. The number of amides is 1. The van der Waals surface area contributed by atoms with Crippen LogP contribution < -0.4 is 4.90 Å². The van der Waals surface area contributed by atoms with Gasteiger partial charge in [-0.2, -0.15) is 0 Å². The van der Waals surface area contributed by atoms with Gasteiger partial charge in [-0.1, -0.05) is 6.07 Å². The van der Waals surface area contributed by atoms with Crippen LogP contribution in [0.5, 0.6) is 0 Å². The number of ether oxygens (including phenoxy) is 1. The van der Waals surface area contributed by atoms with Crippen molar-refractivity contribution in [1.29, 1.82) is 0 Å². The molecule has 0 radical (unpaired) electrons.